The smallest absolute Gasteiger partial charge is 0.230 e. The molecular weight excluding hydrogens is 372 g/mol. The Kier molecular flexibility index (Phi) is 5.36. The number of hydrogen-bond acceptors (Lipinski definition) is 5. The SMILES string of the molecule is O=C(CSc1nnc(C2CC2)n1C1CC1)NCCOc1ccc(Cl)cc1. The van der Waals surface area contributed by atoms with Gasteiger partial charge in [0.1, 0.15) is 18.2 Å². The molecule has 1 aromatic heterocycles. The van der Waals surface area contributed by atoms with E-state index in [1.54, 1.807) is 12.1 Å². The molecule has 2 aliphatic carbocycles. The Hall–Kier alpha value is -1.73. The fraction of sp³-hybridized carbons (Fsp3) is 0.500. The summed E-state index contributed by atoms with van der Waals surface area (Å²) in [7, 11) is 0. The van der Waals surface area contributed by atoms with Gasteiger partial charge in [-0.05, 0) is 49.9 Å². The van der Waals surface area contributed by atoms with E-state index in [0.29, 0.717) is 35.9 Å². The van der Waals surface area contributed by atoms with Gasteiger partial charge in [0, 0.05) is 17.0 Å². The summed E-state index contributed by atoms with van der Waals surface area (Å²) >= 11 is 7.30. The van der Waals surface area contributed by atoms with Crippen LogP contribution in [0.15, 0.2) is 29.4 Å². The Morgan fingerprint density at radius 1 is 1.23 bits per heavy atom. The van der Waals surface area contributed by atoms with Gasteiger partial charge in [0.15, 0.2) is 5.16 Å². The van der Waals surface area contributed by atoms with Crippen LogP contribution in [0.25, 0.3) is 0 Å². The molecule has 2 fully saturated rings. The molecule has 0 atom stereocenters. The number of ether oxygens (including phenoxy) is 1. The third-order valence-electron chi connectivity index (χ3n) is 4.38. The minimum absolute atomic E-state index is 0.0203. The first-order valence-corrected chi connectivity index (χ1v) is 10.3. The zero-order valence-electron chi connectivity index (χ0n) is 14.4. The molecule has 6 nitrogen and oxygen atoms in total. The quantitative estimate of drug-likeness (QED) is 0.523. The number of hydrogen-bond donors (Lipinski definition) is 1. The van der Waals surface area contributed by atoms with E-state index in [0.717, 1.165) is 16.7 Å². The van der Waals surface area contributed by atoms with Crippen LogP contribution in [0.1, 0.15) is 43.5 Å². The average Bonchev–Trinajstić information content (AvgIpc) is 3.57. The highest BCUT2D eigenvalue weighted by atomic mass is 35.5. The maximum atomic E-state index is 12.1. The van der Waals surface area contributed by atoms with Crippen molar-refractivity contribution >= 4 is 29.3 Å². The summed E-state index contributed by atoms with van der Waals surface area (Å²) < 4.78 is 7.83. The zero-order chi connectivity index (χ0) is 17.9. The molecule has 138 valence electrons. The summed E-state index contributed by atoms with van der Waals surface area (Å²) in [5, 5.41) is 13.1. The van der Waals surface area contributed by atoms with Crippen LogP contribution in [0.3, 0.4) is 0 Å². The molecule has 0 radical (unpaired) electrons. The van der Waals surface area contributed by atoms with Crippen molar-refractivity contribution in [1.29, 1.82) is 0 Å². The zero-order valence-corrected chi connectivity index (χ0v) is 15.9. The number of carbonyl (C=O) groups is 1. The Balaban J connectivity index is 1.20. The predicted molar refractivity (Wildman–Crippen MR) is 101 cm³/mol. The first kappa shape index (κ1) is 17.7. The molecule has 0 saturated heterocycles. The van der Waals surface area contributed by atoms with Crippen LogP contribution in [0.4, 0.5) is 0 Å². The van der Waals surface area contributed by atoms with Crippen LogP contribution in [0.5, 0.6) is 5.75 Å². The summed E-state index contributed by atoms with van der Waals surface area (Å²) in [6, 6.07) is 7.71. The minimum atomic E-state index is -0.0203. The minimum Gasteiger partial charge on any atom is -0.492 e. The number of thioether (sulfide) groups is 1. The van der Waals surface area contributed by atoms with Crippen LogP contribution in [0, 0.1) is 0 Å². The fourth-order valence-electron chi connectivity index (χ4n) is 2.75. The van der Waals surface area contributed by atoms with Crippen molar-refractivity contribution in [3.05, 3.63) is 35.1 Å². The number of aromatic nitrogens is 3. The van der Waals surface area contributed by atoms with Gasteiger partial charge in [0.2, 0.25) is 5.91 Å². The summed E-state index contributed by atoms with van der Waals surface area (Å²) in [5.41, 5.74) is 0. The largest absolute Gasteiger partial charge is 0.492 e. The van der Waals surface area contributed by atoms with Crippen molar-refractivity contribution in [2.45, 2.75) is 42.8 Å². The molecule has 0 bridgehead atoms. The van der Waals surface area contributed by atoms with E-state index in [1.807, 2.05) is 12.1 Å². The van der Waals surface area contributed by atoms with Gasteiger partial charge in [0.25, 0.3) is 0 Å². The molecular formula is C18H21ClN4O2S. The molecule has 1 amide bonds. The number of nitrogens with one attached hydrogen (secondary N) is 1. The average molecular weight is 393 g/mol. The third kappa shape index (κ3) is 4.51. The van der Waals surface area contributed by atoms with Gasteiger partial charge in [0.05, 0.1) is 12.3 Å². The number of carbonyl (C=O) groups excluding carboxylic acids is 1. The maximum Gasteiger partial charge on any atom is 0.230 e. The van der Waals surface area contributed by atoms with Gasteiger partial charge in [-0.1, -0.05) is 23.4 Å². The molecule has 0 spiro atoms. The van der Waals surface area contributed by atoms with Gasteiger partial charge < -0.3 is 14.6 Å². The number of rotatable bonds is 9. The number of halogens is 1. The Labute approximate surface area is 161 Å². The van der Waals surface area contributed by atoms with Crippen LogP contribution < -0.4 is 10.1 Å². The molecule has 0 unspecified atom stereocenters. The van der Waals surface area contributed by atoms with Gasteiger partial charge >= 0.3 is 0 Å². The summed E-state index contributed by atoms with van der Waals surface area (Å²) in [6.07, 6.45) is 4.81. The van der Waals surface area contributed by atoms with E-state index in [4.69, 9.17) is 16.3 Å². The lowest BCUT2D eigenvalue weighted by atomic mass is 10.3. The molecule has 4 rings (SSSR count). The van der Waals surface area contributed by atoms with E-state index < -0.39 is 0 Å². The van der Waals surface area contributed by atoms with Crippen molar-refractivity contribution in [2.75, 3.05) is 18.9 Å². The van der Waals surface area contributed by atoms with Crippen LogP contribution >= 0.6 is 23.4 Å². The monoisotopic (exact) mass is 392 g/mol. The second-order valence-corrected chi connectivity index (χ2v) is 8.04. The van der Waals surface area contributed by atoms with Gasteiger partial charge in [-0.15, -0.1) is 10.2 Å². The van der Waals surface area contributed by atoms with Gasteiger partial charge in [-0.25, -0.2) is 0 Å². The molecule has 1 heterocycles. The lowest BCUT2D eigenvalue weighted by molar-refractivity contribution is -0.118. The molecule has 0 aliphatic heterocycles. The van der Waals surface area contributed by atoms with Crippen molar-refractivity contribution < 1.29 is 9.53 Å². The number of nitrogens with zero attached hydrogens (tertiary/aromatic N) is 3. The highest BCUT2D eigenvalue weighted by Crippen LogP contribution is 2.45. The molecule has 2 saturated carbocycles. The molecule has 2 aliphatic rings. The van der Waals surface area contributed by atoms with Crippen molar-refractivity contribution in [3.63, 3.8) is 0 Å². The molecule has 1 aromatic carbocycles. The fourth-order valence-corrected chi connectivity index (χ4v) is 3.72. The van der Waals surface area contributed by atoms with Crippen molar-refractivity contribution in [3.8, 4) is 5.75 Å². The Morgan fingerprint density at radius 3 is 2.69 bits per heavy atom. The van der Waals surface area contributed by atoms with E-state index in [9.17, 15) is 4.79 Å². The normalized spacial score (nSPS) is 16.5. The molecule has 1 N–H and O–H groups in total. The van der Waals surface area contributed by atoms with Gasteiger partial charge in [-0.3, -0.25) is 4.79 Å². The van der Waals surface area contributed by atoms with E-state index >= 15 is 0 Å². The maximum absolute atomic E-state index is 12.1. The standard InChI is InChI=1S/C18H21ClN4O2S/c19-13-3-7-15(8-4-13)25-10-9-20-16(24)11-26-18-22-21-17(12-1-2-12)23(18)14-5-6-14/h3-4,7-8,12,14H,1-2,5-6,9-11H2,(H,20,24). The number of benzene rings is 1. The first-order chi connectivity index (χ1) is 12.7. The van der Waals surface area contributed by atoms with E-state index in [1.165, 1.54) is 37.4 Å². The predicted octanol–water partition coefficient (Wildman–Crippen LogP) is 3.43. The van der Waals surface area contributed by atoms with Crippen molar-refractivity contribution in [1.82, 2.24) is 20.1 Å². The second-order valence-electron chi connectivity index (χ2n) is 6.66. The summed E-state index contributed by atoms with van der Waals surface area (Å²) in [5.74, 6) is 2.76. The molecule has 8 heteroatoms. The van der Waals surface area contributed by atoms with E-state index in [2.05, 4.69) is 20.1 Å². The van der Waals surface area contributed by atoms with Crippen LogP contribution in [-0.4, -0.2) is 39.6 Å². The third-order valence-corrected chi connectivity index (χ3v) is 5.58. The van der Waals surface area contributed by atoms with E-state index in [-0.39, 0.29) is 5.91 Å². The highest BCUT2D eigenvalue weighted by molar-refractivity contribution is 7.99. The first-order valence-electron chi connectivity index (χ1n) is 8.93. The lowest BCUT2D eigenvalue weighted by Crippen LogP contribution is -2.29. The molecule has 26 heavy (non-hydrogen) atoms. The number of amides is 1. The van der Waals surface area contributed by atoms with Crippen LogP contribution in [-0.2, 0) is 4.79 Å². The van der Waals surface area contributed by atoms with Crippen LogP contribution in [0.2, 0.25) is 5.02 Å². The summed E-state index contributed by atoms with van der Waals surface area (Å²) in [4.78, 5) is 12.1. The topological polar surface area (TPSA) is 69.0 Å². The van der Waals surface area contributed by atoms with Gasteiger partial charge in [-0.2, -0.15) is 0 Å². The Bertz CT molecular complexity index is 772. The Morgan fingerprint density at radius 2 is 2.00 bits per heavy atom. The van der Waals surface area contributed by atoms with Crippen molar-refractivity contribution in [2.24, 2.45) is 0 Å². The highest BCUT2D eigenvalue weighted by Gasteiger charge is 2.36. The second kappa shape index (κ2) is 7.88. The summed E-state index contributed by atoms with van der Waals surface area (Å²) in [6.45, 7) is 0.882. The molecule has 2 aromatic rings. The lowest BCUT2D eigenvalue weighted by Gasteiger charge is -2.09.